The number of imide groups is 2. The summed E-state index contributed by atoms with van der Waals surface area (Å²) in [5.41, 5.74) is 4.17. The topological polar surface area (TPSA) is 208 Å². The summed E-state index contributed by atoms with van der Waals surface area (Å²) in [7, 11) is 2.95. The number of carbonyl (C=O) groups is 6. The van der Waals surface area contributed by atoms with Crippen LogP contribution in [0.4, 0.5) is 16.0 Å². The number of nitrogens with zero attached hydrogens (tertiary/aromatic N) is 4. The van der Waals surface area contributed by atoms with Gasteiger partial charge in [0.2, 0.25) is 17.8 Å². The van der Waals surface area contributed by atoms with Crippen molar-refractivity contribution in [3.8, 4) is 28.5 Å². The highest BCUT2D eigenvalue weighted by Crippen LogP contribution is 2.37. The van der Waals surface area contributed by atoms with Crippen molar-refractivity contribution in [3.63, 3.8) is 0 Å². The lowest BCUT2D eigenvalue weighted by molar-refractivity contribution is -0.136. The Balaban J connectivity index is 0.788. The molecule has 0 bridgehead atoms. The molecule has 16 nitrogen and oxygen atoms in total. The van der Waals surface area contributed by atoms with Crippen molar-refractivity contribution in [1.29, 1.82) is 0 Å². The molecule has 4 heterocycles. The first kappa shape index (κ1) is 46.0. The molecule has 3 aliphatic rings. The van der Waals surface area contributed by atoms with Crippen molar-refractivity contribution in [2.24, 2.45) is 4.99 Å². The summed E-state index contributed by atoms with van der Waals surface area (Å²) >= 11 is 6.45. The molecule has 5 amide bonds. The number of carbonyl (C=O) groups excluding carboxylic acids is 6. The number of rotatable bonds is 18. The molecule has 0 saturated carbocycles. The monoisotopic (exact) mass is 929 g/mol. The molecule has 3 N–H and O–H groups in total. The third kappa shape index (κ3) is 9.87. The van der Waals surface area contributed by atoms with Crippen molar-refractivity contribution in [2.75, 3.05) is 32.7 Å². The van der Waals surface area contributed by atoms with Crippen LogP contribution in [0.15, 0.2) is 84.0 Å². The Bertz CT molecular complexity index is 2850. The van der Waals surface area contributed by atoms with Crippen molar-refractivity contribution in [3.05, 3.63) is 123 Å². The number of amides is 5. The minimum atomic E-state index is -1.10. The smallest absolute Gasteiger partial charge is 0.266 e. The molecule has 8 rings (SSSR count). The second-order valence-electron chi connectivity index (χ2n) is 16.0. The van der Waals surface area contributed by atoms with Gasteiger partial charge >= 0.3 is 0 Å². The second kappa shape index (κ2) is 20.3. The molecule has 0 radical (unpaired) electrons. The zero-order chi connectivity index (χ0) is 47.2. The van der Waals surface area contributed by atoms with Gasteiger partial charge in [0.05, 0.1) is 54.4 Å². The van der Waals surface area contributed by atoms with Crippen LogP contribution in [-0.2, 0) is 20.9 Å². The van der Waals surface area contributed by atoms with Crippen LogP contribution in [0.5, 0.6) is 17.2 Å². The molecule has 5 aromatic rings. The second-order valence-corrected chi connectivity index (χ2v) is 16.4. The number of unbranched alkanes of at least 4 members (excludes halogenated alkanes) is 4. The molecule has 344 valence electrons. The lowest BCUT2D eigenvalue weighted by Gasteiger charge is -2.27. The van der Waals surface area contributed by atoms with E-state index in [0.29, 0.717) is 63.3 Å². The van der Waals surface area contributed by atoms with E-state index in [4.69, 9.17) is 35.8 Å². The summed E-state index contributed by atoms with van der Waals surface area (Å²) in [5.74, 6) is -2.46. The zero-order valence-corrected chi connectivity index (χ0v) is 37.3. The number of halogens is 2. The average molecular weight is 930 g/mol. The predicted molar refractivity (Wildman–Crippen MR) is 245 cm³/mol. The van der Waals surface area contributed by atoms with E-state index in [0.717, 1.165) is 36.1 Å². The Labute approximate surface area is 389 Å². The van der Waals surface area contributed by atoms with Gasteiger partial charge in [-0.05, 0) is 67.8 Å². The predicted octanol–water partition coefficient (Wildman–Crippen LogP) is 7.17. The third-order valence-corrected chi connectivity index (χ3v) is 11.9. The number of aliphatic imine (C=N–C) groups is 1. The number of fused-ring (bicyclic) bond motifs is 4. The summed E-state index contributed by atoms with van der Waals surface area (Å²) < 4.78 is 32.1. The largest absolute Gasteiger partial charge is 0.496 e. The average Bonchev–Trinajstić information content (AvgIpc) is 3.47. The number of anilines is 2. The Hall–Kier alpha value is -7.53. The quantitative estimate of drug-likeness (QED) is 0.0591. The molecule has 1 unspecified atom stereocenters. The van der Waals surface area contributed by atoms with Crippen LogP contribution in [0.2, 0.25) is 5.02 Å². The van der Waals surface area contributed by atoms with Gasteiger partial charge in [0.25, 0.3) is 17.7 Å². The molecule has 0 spiro atoms. The van der Waals surface area contributed by atoms with E-state index in [1.807, 2.05) is 6.07 Å². The van der Waals surface area contributed by atoms with Crippen LogP contribution in [0.3, 0.4) is 0 Å². The number of nitrogens with one attached hydrogen (secondary N) is 3. The number of benzene rings is 4. The van der Waals surface area contributed by atoms with Crippen LogP contribution in [-0.4, -0.2) is 89.3 Å². The normalized spacial score (nSPS) is 15.1. The van der Waals surface area contributed by atoms with Gasteiger partial charge in [-0.3, -0.25) is 44.0 Å². The first-order chi connectivity index (χ1) is 32.4. The van der Waals surface area contributed by atoms with E-state index in [2.05, 4.69) is 20.9 Å². The maximum absolute atomic E-state index is 15.3. The van der Waals surface area contributed by atoms with Crippen LogP contribution >= 0.6 is 11.6 Å². The number of hydrogen-bond donors (Lipinski definition) is 3. The minimum absolute atomic E-state index is 0.00581. The van der Waals surface area contributed by atoms with Gasteiger partial charge in [-0.1, -0.05) is 49.1 Å². The lowest BCUT2D eigenvalue weighted by Crippen LogP contribution is -2.54. The molecule has 1 aromatic heterocycles. The Morgan fingerprint density at radius 1 is 0.851 bits per heavy atom. The van der Waals surface area contributed by atoms with Crippen LogP contribution in [0.1, 0.15) is 99.1 Å². The highest BCUT2D eigenvalue weighted by atomic mass is 35.5. The fourth-order valence-electron chi connectivity index (χ4n) is 8.30. The van der Waals surface area contributed by atoms with Gasteiger partial charge in [0.15, 0.2) is 5.78 Å². The number of ether oxygens (including phenoxy) is 3. The van der Waals surface area contributed by atoms with Crippen LogP contribution < -0.4 is 30.2 Å². The number of hydrogen-bond acceptors (Lipinski definition) is 13. The van der Waals surface area contributed by atoms with Gasteiger partial charge in [-0.15, -0.1) is 0 Å². The molecule has 18 heteroatoms. The van der Waals surface area contributed by atoms with E-state index in [1.165, 1.54) is 32.4 Å². The maximum Gasteiger partial charge on any atom is 0.266 e. The number of Topliss-reactive ketones (excluding diaryl/α,β-unsaturated/α-hetero) is 1. The highest BCUT2D eigenvalue weighted by Gasteiger charge is 2.46. The molecule has 1 atom stereocenters. The van der Waals surface area contributed by atoms with Crippen LogP contribution in [0.25, 0.3) is 11.3 Å². The number of aromatic nitrogens is 2. The van der Waals surface area contributed by atoms with Gasteiger partial charge in [-0.25, -0.2) is 14.4 Å². The first-order valence-corrected chi connectivity index (χ1v) is 22.1. The van der Waals surface area contributed by atoms with Gasteiger partial charge in [0.1, 0.15) is 35.7 Å². The summed E-state index contributed by atoms with van der Waals surface area (Å²) in [6.45, 7) is 0.322. The standard InChI is InChI=1S/C49H45ClFN7O9/c1-65-37-13-9-12-35(51)42(37)44-34-22-28(50)15-17-31(34)43-27(24-53-44)25-54-49(57-43)55-29-16-18-32(39(23-29)66-2)45(61)52-21-7-5-3-4-6-10-30(59)26-67-38-14-8-11-33-41(38)48(64)58(47(33)63)36-19-20-40(60)56-46(36)62/h8-9,11-18,22-23,25,36H,3-7,10,19-21,24,26H2,1-2H3,(H,52,61)(H,54,55,57)(H,56,60,62). The molecule has 0 aliphatic carbocycles. The molecule has 1 fully saturated rings. The molecular formula is C49H45ClFN7O9. The minimum Gasteiger partial charge on any atom is -0.496 e. The Morgan fingerprint density at radius 3 is 2.43 bits per heavy atom. The summed E-state index contributed by atoms with van der Waals surface area (Å²) in [4.78, 5) is 91.2. The van der Waals surface area contributed by atoms with E-state index in [1.54, 1.807) is 54.7 Å². The van der Waals surface area contributed by atoms with Crippen molar-refractivity contribution >= 4 is 64.3 Å². The molecule has 1 saturated heterocycles. The van der Waals surface area contributed by atoms with Crippen molar-refractivity contribution in [2.45, 2.75) is 64.0 Å². The summed E-state index contributed by atoms with van der Waals surface area (Å²) in [5, 5.41) is 8.76. The maximum atomic E-state index is 15.3. The zero-order valence-electron chi connectivity index (χ0n) is 36.6. The molecule has 4 aromatic carbocycles. The first-order valence-electron chi connectivity index (χ1n) is 21.7. The molecule has 3 aliphatic heterocycles. The van der Waals surface area contributed by atoms with E-state index >= 15 is 4.39 Å². The van der Waals surface area contributed by atoms with Gasteiger partial charge in [-0.2, -0.15) is 0 Å². The Kier molecular flexibility index (Phi) is 14.0. The third-order valence-electron chi connectivity index (χ3n) is 11.6. The highest BCUT2D eigenvalue weighted by molar-refractivity contribution is 6.32. The van der Waals surface area contributed by atoms with Crippen LogP contribution in [0, 0.1) is 5.82 Å². The number of methoxy groups -OCH3 is 2. The molecule has 67 heavy (non-hydrogen) atoms. The van der Waals surface area contributed by atoms with Crippen molar-refractivity contribution in [1.82, 2.24) is 25.5 Å². The fraction of sp³-hybridized carbons (Fsp3) is 0.286. The van der Waals surface area contributed by atoms with Gasteiger partial charge in [0, 0.05) is 59.0 Å². The fourth-order valence-corrected chi connectivity index (χ4v) is 8.47. The van der Waals surface area contributed by atoms with Gasteiger partial charge < -0.3 is 24.8 Å². The van der Waals surface area contributed by atoms with E-state index in [9.17, 15) is 28.8 Å². The number of ketones is 1. The number of piperidine rings is 1. The van der Waals surface area contributed by atoms with E-state index in [-0.39, 0.29) is 72.5 Å². The summed E-state index contributed by atoms with van der Waals surface area (Å²) in [6, 6.07) is 18.3. The van der Waals surface area contributed by atoms with E-state index < -0.39 is 35.5 Å². The lowest BCUT2D eigenvalue weighted by atomic mass is 9.94. The Morgan fingerprint density at radius 2 is 1.63 bits per heavy atom. The SMILES string of the molecule is COc1cc(Nc2ncc3c(n2)-c2ccc(Cl)cc2C(c2c(F)cccc2OC)=NC3)ccc1C(=O)NCCCCCCCC(=O)COc1cccc2c1C(=O)N(C1CCC(=O)NC1=O)C2=O. The molecular weight excluding hydrogens is 885 g/mol. The van der Waals surface area contributed by atoms with Crippen molar-refractivity contribution < 1.29 is 47.4 Å². The summed E-state index contributed by atoms with van der Waals surface area (Å²) in [6.07, 6.45) is 5.75.